The molecule has 2 aromatic heterocycles. The summed E-state index contributed by atoms with van der Waals surface area (Å²) in [6.45, 7) is 1.29. The minimum Gasteiger partial charge on any atom is -0.399 e. The van der Waals surface area contributed by atoms with E-state index in [0.717, 1.165) is 28.1 Å². The molecule has 2 heterocycles. The third kappa shape index (κ3) is 4.22. The molecule has 0 amide bonds. The van der Waals surface area contributed by atoms with Crippen molar-refractivity contribution >= 4 is 28.2 Å². The Kier molecular flexibility index (Phi) is 5.16. The van der Waals surface area contributed by atoms with Crippen molar-refractivity contribution in [1.29, 1.82) is 5.26 Å². The predicted octanol–water partition coefficient (Wildman–Crippen LogP) is 3.67. The van der Waals surface area contributed by atoms with Gasteiger partial charge in [-0.3, -0.25) is 0 Å². The lowest BCUT2D eigenvalue weighted by Gasteiger charge is -2.12. The molecular formula is C22H19N7. The number of nitrogens with two attached hydrogens (primary N) is 1. The first-order chi connectivity index (χ1) is 14.2. The molecule has 0 aliphatic heterocycles. The lowest BCUT2D eigenvalue weighted by molar-refractivity contribution is 1.04. The van der Waals surface area contributed by atoms with Crippen LogP contribution in [0.5, 0.6) is 0 Å². The molecule has 0 fully saturated rings. The number of rotatable bonds is 6. The largest absolute Gasteiger partial charge is 0.399 e. The van der Waals surface area contributed by atoms with Crippen LogP contribution < -0.4 is 16.4 Å². The number of para-hydroxylation sites is 1. The van der Waals surface area contributed by atoms with E-state index in [1.54, 1.807) is 18.3 Å². The Morgan fingerprint density at radius 2 is 1.69 bits per heavy atom. The summed E-state index contributed by atoms with van der Waals surface area (Å²) in [5.74, 6) is 2.14. The second-order valence-corrected chi connectivity index (χ2v) is 6.43. The van der Waals surface area contributed by atoms with Gasteiger partial charge in [-0.25, -0.2) is 15.0 Å². The zero-order valence-corrected chi connectivity index (χ0v) is 15.6. The first kappa shape index (κ1) is 18.2. The van der Waals surface area contributed by atoms with E-state index >= 15 is 0 Å². The molecule has 0 spiro atoms. The van der Waals surface area contributed by atoms with Crippen molar-refractivity contribution in [3.63, 3.8) is 0 Å². The van der Waals surface area contributed by atoms with Crippen molar-refractivity contribution in [3.05, 3.63) is 72.4 Å². The molecule has 0 radical (unpaired) electrons. The highest BCUT2D eigenvalue weighted by Gasteiger charge is 2.09. The zero-order valence-electron chi connectivity index (χ0n) is 15.6. The third-order valence-electron chi connectivity index (χ3n) is 4.39. The maximum atomic E-state index is 8.83. The van der Waals surface area contributed by atoms with Gasteiger partial charge < -0.3 is 16.4 Å². The molecule has 7 nitrogen and oxygen atoms in total. The van der Waals surface area contributed by atoms with Crippen LogP contribution in [0.2, 0.25) is 0 Å². The molecule has 0 saturated heterocycles. The summed E-state index contributed by atoms with van der Waals surface area (Å²) in [6.07, 6.45) is 1.55. The van der Waals surface area contributed by atoms with Gasteiger partial charge in [0.05, 0.1) is 11.1 Å². The molecule has 0 aliphatic rings. The quantitative estimate of drug-likeness (QED) is 0.345. The van der Waals surface area contributed by atoms with Gasteiger partial charge in [0, 0.05) is 35.9 Å². The van der Waals surface area contributed by atoms with E-state index < -0.39 is 0 Å². The molecule has 0 bridgehead atoms. The van der Waals surface area contributed by atoms with E-state index in [4.69, 9.17) is 16.0 Å². The summed E-state index contributed by atoms with van der Waals surface area (Å²) in [5.41, 5.74) is 8.82. The maximum Gasteiger partial charge on any atom is 0.162 e. The minimum absolute atomic E-state index is 0.538. The third-order valence-corrected chi connectivity index (χ3v) is 4.39. The van der Waals surface area contributed by atoms with Crippen molar-refractivity contribution in [3.8, 4) is 17.5 Å². The number of hydrogen-bond donors (Lipinski definition) is 3. The summed E-state index contributed by atoms with van der Waals surface area (Å²) < 4.78 is 0. The zero-order chi connectivity index (χ0) is 20.1. The van der Waals surface area contributed by atoms with E-state index in [1.807, 2.05) is 48.5 Å². The van der Waals surface area contributed by atoms with E-state index in [2.05, 4.69) is 26.7 Å². The van der Waals surface area contributed by atoms with Gasteiger partial charge in [0.1, 0.15) is 17.7 Å². The monoisotopic (exact) mass is 381 g/mol. The fraction of sp³-hybridized carbons (Fsp3) is 0.0909. The first-order valence-electron chi connectivity index (χ1n) is 9.19. The first-order valence-corrected chi connectivity index (χ1v) is 9.19. The molecule has 2 aromatic carbocycles. The molecule has 142 valence electrons. The predicted molar refractivity (Wildman–Crippen MR) is 115 cm³/mol. The van der Waals surface area contributed by atoms with Crippen molar-refractivity contribution in [1.82, 2.24) is 15.0 Å². The van der Waals surface area contributed by atoms with Crippen LogP contribution in [0.1, 0.15) is 5.56 Å². The molecule has 0 unspecified atom stereocenters. The van der Waals surface area contributed by atoms with Crippen LogP contribution in [0.25, 0.3) is 22.3 Å². The van der Waals surface area contributed by atoms with Crippen molar-refractivity contribution in [2.75, 3.05) is 29.5 Å². The number of pyridine rings is 1. The summed E-state index contributed by atoms with van der Waals surface area (Å²) >= 11 is 0. The van der Waals surface area contributed by atoms with Crippen LogP contribution in [-0.2, 0) is 0 Å². The van der Waals surface area contributed by atoms with Gasteiger partial charge in [-0.15, -0.1) is 0 Å². The molecule has 0 atom stereocenters. The number of hydrogen-bond acceptors (Lipinski definition) is 7. The number of nitrogen functional groups attached to an aromatic ring is 1. The van der Waals surface area contributed by atoms with Crippen molar-refractivity contribution in [2.45, 2.75) is 0 Å². The Hall–Kier alpha value is -4.18. The summed E-state index contributed by atoms with van der Waals surface area (Å²) in [4.78, 5) is 13.6. The van der Waals surface area contributed by atoms with Gasteiger partial charge in [0.2, 0.25) is 0 Å². The second-order valence-electron chi connectivity index (χ2n) is 6.43. The van der Waals surface area contributed by atoms with Crippen LogP contribution in [0.4, 0.5) is 17.3 Å². The normalized spacial score (nSPS) is 10.4. The van der Waals surface area contributed by atoms with Crippen LogP contribution in [0, 0.1) is 11.3 Å². The Labute approximate surface area is 168 Å². The lowest BCUT2D eigenvalue weighted by atomic mass is 10.1. The van der Waals surface area contributed by atoms with Gasteiger partial charge in [-0.2, -0.15) is 5.26 Å². The number of anilines is 3. The topological polar surface area (TPSA) is 113 Å². The Morgan fingerprint density at radius 3 is 2.45 bits per heavy atom. The number of fused-ring (bicyclic) bond motifs is 1. The molecule has 29 heavy (non-hydrogen) atoms. The molecule has 4 N–H and O–H groups in total. The summed E-state index contributed by atoms with van der Waals surface area (Å²) in [7, 11) is 0. The molecule has 0 saturated carbocycles. The van der Waals surface area contributed by atoms with E-state index in [1.165, 1.54) is 0 Å². The highest BCUT2D eigenvalue weighted by atomic mass is 15.1. The minimum atomic E-state index is 0.538. The van der Waals surface area contributed by atoms with E-state index in [9.17, 15) is 0 Å². The summed E-state index contributed by atoms with van der Waals surface area (Å²) in [6, 6.07) is 21.0. The molecular weight excluding hydrogens is 362 g/mol. The average Bonchev–Trinajstić information content (AvgIpc) is 2.77. The van der Waals surface area contributed by atoms with Crippen molar-refractivity contribution < 1.29 is 0 Å². The average molecular weight is 381 g/mol. The Morgan fingerprint density at radius 1 is 0.897 bits per heavy atom. The van der Waals surface area contributed by atoms with Crippen LogP contribution in [0.15, 0.2) is 66.9 Å². The smallest absolute Gasteiger partial charge is 0.162 e. The second kappa shape index (κ2) is 8.23. The maximum absolute atomic E-state index is 8.83. The van der Waals surface area contributed by atoms with Gasteiger partial charge in [-0.05, 0) is 48.5 Å². The molecule has 4 aromatic rings. The number of nitrogens with zero attached hydrogens (tertiary/aromatic N) is 4. The molecule has 0 aliphatic carbocycles. The van der Waals surface area contributed by atoms with Crippen LogP contribution in [0.3, 0.4) is 0 Å². The number of nitrogens with one attached hydrogen (secondary N) is 2. The summed E-state index contributed by atoms with van der Waals surface area (Å²) in [5, 5.41) is 16.4. The van der Waals surface area contributed by atoms with E-state index in [0.29, 0.717) is 30.2 Å². The van der Waals surface area contributed by atoms with Crippen LogP contribution in [-0.4, -0.2) is 28.0 Å². The Bertz CT molecular complexity index is 1160. The molecule has 7 heteroatoms. The van der Waals surface area contributed by atoms with E-state index in [-0.39, 0.29) is 0 Å². The number of nitriles is 1. The van der Waals surface area contributed by atoms with Gasteiger partial charge in [-0.1, -0.05) is 12.1 Å². The van der Waals surface area contributed by atoms with Gasteiger partial charge >= 0.3 is 0 Å². The highest BCUT2D eigenvalue weighted by molar-refractivity contribution is 5.90. The fourth-order valence-corrected chi connectivity index (χ4v) is 2.91. The number of benzene rings is 2. The lowest BCUT2D eigenvalue weighted by Crippen LogP contribution is -2.15. The fourth-order valence-electron chi connectivity index (χ4n) is 2.91. The van der Waals surface area contributed by atoms with Crippen LogP contribution >= 0.6 is 0 Å². The number of aromatic nitrogens is 3. The van der Waals surface area contributed by atoms with Gasteiger partial charge in [0.15, 0.2) is 5.82 Å². The Balaban J connectivity index is 1.51. The molecule has 4 rings (SSSR count). The van der Waals surface area contributed by atoms with Gasteiger partial charge in [0.25, 0.3) is 0 Å². The SMILES string of the molecule is N#Cc1ccc(NCCNc2nc(-c3ccc(N)cc3)nc3ccccc23)nc1. The standard InChI is InChI=1S/C22H19N7/c23-13-15-5-10-20(27-14-15)25-11-12-26-22-18-3-1-2-4-19(18)28-21(29-22)16-6-8-17(24)9-7-16/h1-10,14H,11-12,24H2,(H,25,27)(H,26,28,29). The highest BCUT2D eigenvalue weighted by Crippen LogP contribution is 2.25. The van der Waals surface area contributed by atoms with Crippen molar-refractivity contribution in [2.24, 2.45) is 0 Å².